The minimum Gasteiger partial charge on any atom is -0.448 e. The second kappa shape index (κ2) is 7.81. The van der Waals surface area contributed by atoms with Crippen LogP contribution in [0.4, 0.5) is 5.69 Å². The molecule has 0 saturated carbocycles. The number of sulfonamides is 1. The first-order valence-corrected chi connectivity index (χ1v) is 9.83. The van der Waals surface area contributed by atoms with Crippen LogP contribution in [0.3, 0.4) is 0 Å². The fourth-order valence-corrected chi connectivity index (χ4v) is 3.09. The van der Waals surface area contributed by atoms with Crippen LogP contribution in [0.5, 0.6) is 0 Å². The molecule has 2 aromatic carbocycles. The Hall–Kier alpha value is -3.57. The Labute approximate surface area is 164 Å². The van der Waals surface area contributed by atoms with Gasteiger partial charge in [-0.25, -0.2) is 23.4 Å². The number of benzene rings is 2. The summed E-state index contributed by atoms with van der Waals surface area (Å²) in [5, 5.41) is 14.0. The standard InChI is InChI=1S/C18H16N4O6S/c1-10(16(23)20-11-5-4-6-12(9-11)29(19,26)27)28-18(25)15-13-7-2-3-8-14(13)17(24)22-21-15/h2-10H,1H3,(H,20,23)(H,22,24)(H2,19,26,27). The lowest BCUT2D eigenvalue weighted by atomic mass is 10.1. The van der Waals surface area contributed by atoms with Crippen molar-refractivity contribution in [3.05, 3.63) is 64.6 Å². The van der Waals surface area contributed by atoms with Gasteiger partial charge in [0.2, 0.25) is 10.0 Å². The van der Waals surface area contributed by atoms with Crippen molar-refractivity contribution in [2.75, 3.05) is 5.32 Å². The summed E-state index contributed by atoms with van der Waals surface area (Å²) in [4.78, 5) is 36.4. The maximum absolute atomic E-state index is 12.4. The Morgan fingerprint density at radius 3 is 2.52 bits per heavy atom. The predicted octanol–water partition coefficient (Wildman–Crippen LogP) is 0.755. The van der Waals surface area contributed by atoms with Gasteiger partial charge in [0, 0.05) is 11.1 Å². The van der Waals surface area contributed by atoms with Crippen LogP contribution in [0.1, 0.15) is 17.4 Å². The summed E-state index contributed by atoms with van der Waals surface area (Å²) in [6.07, 6.45) is -1.23. The molecule has 0 bridgehead atoms. The van der Waals surface area contributed by atoms with Gasteiger partial charge in [-0.2, -0.15) is 5.10 Å². The summed E-state index contributed by atoms with van der Waals surface area (Å²) in [5.74, 6) is -1.60. The summed E-state index contributed by atoms with van der Waals surface area (Å²) in [6.45, 7) is 1.34. The molecule has 10 nitrogen and oxygen atoms in total. The quantitative estimate of drug-likeness (QED) is 0.517. The molecular weight excluding hydrogens is 400 g/mol. The molecule has 3 rings (SSSR count). The number of rotatable bonds is 5. The number of nitrogens with one attached hydrogen (secondary N) is 2. The summed E-state index contributed by atoms with van der Waals surface area (Å²) in [7, 11) is -3.93. The second-order valence-corrected chi connectivity index (χ2v) is 7.62. The maximum Gasteiger partial charge on any atom is 0.360 e. The summed E-state index contributed by atoms with van der Waals surface area (Å²) < 4.78 is 27.9. The topological polar surface area (TPSA) is 161 Å². The molecule has 1 heterocycles. The highest BCUT2D eigenvalue weighted by Crippen LogP contribution is 2.16. The molecule has 1 unspecified atom stereocenters. The number of aromatic nitrogens is 2. The molecular formula is C18H16N4O6S. The normalized spacial score (nSPS) is 12.3. The average molecular weight is 416 g/mol. The van der Waals surface area contributed by atoms with E-state index in [1.807, 2.05) is 0 Å². The minimum atomic E-state index is -3.93. The molecule has 11 heteroatoms. The van der Waals surface area contributed by atoms with Crippen molar-refractivity contribution in [3.63, 3.8) is 0 Å². The van der Waals surface area contributed by atoms with Gasteiger partial charge in [-0.15, -0.1) is 0 Å². The third-order valence-corrected chi connectivity index (χ3v) is 4.88. The number of hydrogen-bond donors (Lipinski definition) is 3. The lowest BCUT2D eigenvalue weighted by Crippen LogP contribution is -2.30. The molecule has 1 atom stereocenters. The zero-order valence-electron chi connectivity index (χ0n) is 15.1. The Balaban J connectivity index is 1.76. The number of esters is 1. The molecule has 1 aromatic heterocycles. The van der Waals surface area contributed by atoms with E-state index in [-0.39, 0.29) is 27.0 Å². The highest BCUT2D eigenvalue weighted by Gasteiger charge is 2.22. The van der Waals surface area contributed by atoms with Crippen LogP contribution >= 0.6 is 0 Å². The van der Waals surface area contributed by atoms with Crippen LogP contribution in [0, 0.1) is 0 Å². The SMILES string of the molecule is CC(OC(=O)c1n[nH]c(=O)c2ccccc12)C(=O)Nc1cccc(S(N)(=O)=O)c1. The molecule has 0 saturated heterocycles. The summed E-state index contributed by atoms with van der Waals surface area (Å²) in [6, 6.07) is 11.7. The van der Waals surface area contributed by atoms with Crippen LogP contribution in [-0.4, -0.2) is 36.6 Å². The van der Waals surface area contributed by atoms with E-state index >= 15 is 0 Å². The van der Waals surface area contributed by atoms with E-state index in [1.54, 1.807) is 12.1 Å². The van der Waals surface area contributed by atoms with Gasteiger partial charge in [0.15, 0.2) is 11.8 Å². The van der Waals surface area contributed by atoms with Crippen molar-refractivity contribution >= 4 is 38.4 Å². The molecule has 0 aliphatic rings. The minimum absolute atomic E-state index is 0.143. The monoisotopic (exact) mass is 416 g/mol. The Morgan fingerprint density at radius 1 is 1.14 bits per heavy atom. The molecule has 150 valence electrons. The summed E-state index contributed by atoms with van der Waals surface area (Å²) >= 11 is 0. The van der Waals surface area contributed by atoms with Gasteiger partial charge in [-0.3, -0.25) is 9.59 Å². The van der Waals surface area contributed by atoms with Gasteiger partial charge >= 0.3 is 5.97 Å². The van der Waals surface area contributed by atoms with E-state index in [0.29, 0.717) is 0 Å². The van der Waals surface area contributed by atoms with Crippen LogP contribution < -0.4 is 16.0 Å². The Morgan fingerprint density at radius 2 is 1.83 bits per heavy atom. The van der Waals surface area contributed by atoms with Gasteiger partial charge < -0.3 is 10.1 Å². The molecule has 0 fully saturated rings. The van der Waals surface area contributed by atoms with E-state index in [2.05, 4.69) is 15.5 Å². The number of hydrogen-bond acceptors (Lipinski definition) is 7. The molecule has 4 N–H and O–H groups in total. The molecule has 1 amide bonds. The zero-order chi connectivity index (χ0) is 21.2. The van der Waals surface area contributed by atoms with E-state index in [1.165, 1.54) is 43.3 Å². The first-order chi connectivity index (χ1) is 13.7. The van der Waals surface area contributed by atoms with Gasteiger partial charge in [0.25, 0.3) is 11.5 Å². The van der Waals surface area contributed by atoms with Gasteiger partial charge in [-0.05, 0) is 31.2 Å². The van der Waals surface area contributed by atoms with E-state index in [4.69, 9.17) is 9.88 Å². The molecule has 0 aliphatic carbocycles. The third kappa shape index (κ3) is 4.47. The number of nitrogens with two attached hydrogens (primary N) is 1. The van der Waals surface area contributed by atoms with Crippen molar-refractivity contribution < 1.29 is 22.7 Å². The number of aromatic amines is 1. The van der Waals surface area contributed by atoms with Crippen LogP contribution in [0.25, 0.3) is 10.8 Å². The number of amides is 1. The van der Waals surface area contributed by atoms with Crippen molar-refractivity contribution in [1.29, 1.82) is 0 Å². The van der Waals surface area contributed by atoms with Crippen LogP contribution in [0.15, 0.2) is 58.2 Å². The fraction of sp³-hybridized carbons (Fsp3) is 0.111. The number of H-pyrrole nitrogens is 1. The lowest BCUT2D eigenvalue weighted by molar-refractivity contribution is -0.123. The lowest BCUT2D eigenvalue weighted by Gasteiger charge is -2.14. The van der Waals surface area contributed by atoms with Crippen LogP contribution in [0.2, 0.25) is 0 Å². The van der Waals surface area contributed by atoms with E-state index < -0.39 is 33.6 Å². The van der Waals surface area contributed by atoms with Gasteiger partial charge in [0.1, 0.15) is 0 Å². The number of anilines is 1. The van der Waals surface area contributed by atoms with E-state index in [9.17, 15) is 22.8 Å². The summed E-state index contributed by atoms with van der Waals surface area (Å²) in [5.41, 5.74) is -0.439. The molecule has 0 radical (unpaired) electrons. The number of nitrogens with zero attached hydrogens (tertiary/aromatic N) is 1. The zero-order valence-corrected chi connectivity index (χ0v) is 15.9. The van der Waals surface area contributed by atoms with Crippen LogP contribution in [-0.2, 0) is 19.6 Å². The number of fused-ring (bicyclic) bond motifs is 1. The molecule has 29 heavy (non-hydrogen) atoms. The average Bonchev–Trinajstić information content (AvgIpc) is 2.68. The fourth-order valence-electron chi connectivity index (χ4n) is 2.53. The van der Waals surface area contributed by atoms with Crippen molar-refractivity contribution in [2.24, 2.45) is 5.14 Å². The Bertz CT molecular complexity index is 1270. The van der Waals surface area contributed by atoms with Gasteiger partial charge in [0.05, 0.1) is 10.3 Å². The number of carbonyl (C=O) groups is 2. The molecule has 3 aromatic rings. The Kier molecular flexibility index (Phi) is 5.43. The number of ether oxygens (including phenoxy) is 1. The highest BCUT2D eigenvalue weighted by molar-refractivity contribution is 7.89. The highest BCUT2D eigenvalue weighted by atomic mass is 32.2. The van der Waals surface area contributed by atoms with Crippen molar-refractivity contribution in [2.45, 2.75) is 17.9 Å². The van der Waals surface area contributed by atoms with Crippen molar-refractivity contribution in [3.8, 4) is 0 Å². The first-order valence-electron chi connectivity index (χ1n) is 8.29. The number of primary sulfonamides is 1. The maximum atomic E-state index is 12.4. The largest absolute Gasteiger partial charge is 0.448 e. The van der Waals surface area contributed by atoms with Gasteiger partial charge in [-0.1, -0.05) is 24.3 Å². The third-order valence-electron chi connectivity index (χ3n) is 3.97. The molecule has 0 spiro atoms. The first kappa shape index (κ1) is 20.2. The van der Waals surface area contributed by atoms with E-state index in [0.717, 1.165) is 0 Å². The second-order valence-electron chi connectivity index (χ2n) is 6.06. The smallest absolute Gasteiger partial charge is 0.360 e. The predicted molar refractivity (Wildman–Crippen MR) is 104 cm³/mol. The molecule has 0 aliphatic heterocycles. The number of carbonyl (C=O) groups excluding carboxylic acids is 2. The van der Waals surface area contributed by atoms with Crippen molar-refractivity contribution in [1.82, 2.24) is 10.2 Å².